The molecule has 1 rings (SSSR count). The molecule has 0 atom stereocenters. The molecule has 15 heavy (non-hydrogen) atoms. The zero-order valence-corrected chi connectivity index (χ0v) is 13.0. The van der Waals surface area contributed by atoms with Gasteiger partial charge in [-0.1, -0.05) is 0 Å². The van der Waals surface area contributed by atoms with Gasteiger partial charge in [0.15, 0.2) is 0 Å². The van der Waals surface area contributed by atoms with Crippen molar-refractivity contribution in [2.45, 2.75) is 5.88 Å². The highest BCUT2D eigenvalue weighted by Crippen LogP contribution is 2.35. The smallest absolute Gasteiger partial charge is 0.147 e. The Bertz CT molecular complexity index is 310. The predicted molar refractivity (Wildman–Crippen MR) is 75.3 cm³/mol. The Labute approximate surface area is 116 Å². The van der Waals surface area contributed by atoms with Crippen LogP contribution in [0.2, 0.25) is 0 Å². The van der Waals surface area contributed by atoms with Gasteiger partial charge in [0.2, 0.25) is 0 Å². The summed E-state index contributed by atoms with van der Waals surface area (Å²) in [4.78, 5) is 0. The van der Waals surface area contributed by atoms with Gasteiger partial charge in [-0.15, -0.1) is 11.6 Å². The van der Waals surface area contributed by atoms with E-state index in [4.69, 9.17) is 16.3 Å². The molecule has 0 saturated carbocycles. The van der Waals surface area contributed by atoms with Crippen LogP contribution in [0.4, 0.5) is 0 Å². The minimum Gasteiger partial charge on any atom is -0.490 e. The van der Waals surface area contributed by atoms with Gasteiger partial charge in [0, 0.05) is 11.6 Å². The second kappa shape index (κ2) is 7.05. The van der Waals surface area contributed by atoms with Gasteiger partial charge < -0.3 is 4.74 Å². The molecular weight excluding hydrogens is 363 g/mol. The van der Waals surface area contributed by atoms with E-state index < -0.39 is 0 Å². The maximum Gasteiger partial charge on any atom is 0.147 e. The van der Waals surface area contributed by atoms with E-state index >= 15 is 0 Å². The van der Waals surface area contributed by atoms with Crippen LogP contribution in [-0.4, -0.2) is 18.6 Å². The molecule has 0 saturated heterocycles. The lowest BCUT2D eigenvalue weighted by atomic mass is 10.2. The molecule has 1 nitrogen and oxygen atoms in total. The Hall–Kier alpha value is 0.620. The molecule has 0 heterocycles. The standard InChI is InChI=1S/C10H11Br2ClOS/c1-15-3-2-14-10-8(11)4-7(6-13)5-9(10)12/h4-5H,2-3,6H2,1H3. The molecule has 5 heteroatoms. The van der Waals surface area contributed by atoms with Crippen molar-refractivity contribution in [3.8, 4) is 5.75 Å². The van der Waals surface area contributed by atoms with Gasteiger partial charge in [-0.3, -0.25) is 0 Å². The number of hydrogen-bond donors (Lipinski definition) is 0. The number of ether oxygens (including phenoxy) is 1. The summed E-state index contributed by atoms with van der Waals surface area (Å²) in [5, 5.41) is 0. The molecule has 0 aromatic heterocycles. The van der Waals surface area contributed by atoms with E-state index in [0.29, 0.717) is 12.5 Å². The topological polar surface area (TPSA) is 9.23 Å². The lowest BCUT2D eigenvalue weighted by Gasteiger charge is -2.10. The van der Waals surface area contributed by atoms with E-state index in [1.54, 1.807) is 11.8 Å². The van der Waals surface area contributed by atoms with Gasteiger partial charge in [-0.25, -0.2) is 0 Å². The van der Waals surface area contributed by atoms with Crippen LogP contribution in [0.5, 0.6) is 5.75 Å². The first-order chi connectivity index (χ1) is 7.19. The van der Waals surface area contributed by atoms with Gasteiger partial charge in [-0.05, 0) is 55.8 Å². The van der Waals surface area contributed by atoms with Crippen LogP contribution < -0.4 is 4.74 Å². The third-order valence-corrected chi connectivity index (χ3v) is 3.81. The number of benzene rings is 1. The van der Waals surface area contributed by atoms with Gasteiger partial charge in [0.05, 0.1) is 15.6 Å². The number of hydrogen-bond acceptors (Lipinski definition) is 2. The van der Waals surface area contributed by atoms with Crippen LogP contribution in [-0.2, 0) is 5.88 Å². The lowest BCUT2D eigenvalue weighted by Crippen LogP contribution is -2.01. The highest BCUT2D eigenvalue weighted by atomic mass is 79.9. The Morgan fingerprint density at radius 2 is 1.93 bits per heavy atom. The van der Waals surface area contributed by atoms with Gasteiger partial charge in [0.25, 0.3) is 0 Å². The second-order valence-corrected chi connectivity index (χ2v) is 5.83. The molecule has 0 aliphatic heterocycles. The fraction of sp³-hybridized carbons (Fsp3) is 0.400. The minimum atomic E-state index is 0.502. The first-order valence-electron chi connectivity index (χ1n) is 4.34. The molecule has 1 aromatic carbocycles. The average molecular weight is 375 g/mol. The van der Waals surface area contributed by atoms with E-state index in [1.807, 2.05) is 12.1 Å². The maximum absolute atomic E-state index is 5.76. The van der Waals surface area contributed by atoms with Gasteiger partial charge in [0.1, 0.15) is 5.75 Å². The van der Waals surface area contributed by atoms with Crippen molar-refractivity contribution in [3.05, 3.63) is 26.6 Å². The molecule has 0 amide bonds. The Kier molecular flexibility index (Phi) is 6.43. The van der Waals surface area contributed by atoms with Crippen molar-refractivity contribution in [2.75, 3.05) is 18.6 Å². The summed E-state index contributed by atoms with van der Waals surface area (Å²) in [6.45, 7) is 0.707. The second-order valence-electron chi connectivity index (χ2n) is 2.86. The molecule has 0 N–H and O–H groups in total. The summed E-state index contributed by atoms with van der Waals surface area (Å²) < 4.78 is 7.53. The fourth-order valence-corrected chi connectivity index (χ4v) is 2.97. The van der Waals surface area contributed by atoms with E-state index in [0.717, 1.165) is 26.0 Å². The molecule has 0 bridgehead atoms. The minimum absolute atomic E-state index is 0.502. The Morgan fingerprint density at radius 1 is 1.33 bits per heavy atom. The van der Waals surface area contributed by atoms with E-state index in [9.17, 15) is 0 Å². The van der Waals surface area contributed by atoms with Crippen molar-refractivity contribution < 1.29 is 4.74 Å². The maximum atomic E-state index is 5.76. The molecule has 0 spiro atoms. The molecular formula is C10H11Br2ClOS. The van der Waals surface area contributed by atoms with Crippen LogP contribution in [0.15, 0.2) is 21.1 Å². The summed E-state index contributed by atoms with van der Waals surface area (Å²) >= 11 is 14.5. The third kappa shape index (κ3) is 4.17. The molecule has 0 unspecified atom stereocenters. The number of alkyl halides is 1. The van der Waals surface area contributed by atoms with Crippen LogP contribution in [0.25, 0.3) is 0 Å². The quantitative estimate of drug-likeness (QED) is 0.546. The number of thioether (sulfide) groups is 1. The highest BCUT2D eigenvalue weighted by Gasteiger charge is 2.08. The predicted octanol–water partition coefficient (Wildman–Crippen LogP) is 4.69. The van der Waals surface area contributed by atoms with Gasteiger partial charge >= 0.3 is 0 Å². The fourth-order valence-electron chi connectivity index (χ4n) is 1.05. The van der Waals surface area contributed by atoms with Gasteiger partial charge in [-0.2, -0.15) is 11.8 Å². The van der Waals surface area contributed by atoms with E-state index in [-0.39, 0.29) is 0 Å². The van der Waals surface area contributed by atoms with Crippen LogP contribution in [0.1, 0.15) is 5.56 Å². The van der Waals surface area contributed by atoms with Crippen LogP contribution >= 0.6 is 55.2 Å². The highest BCUT2D eigenvalue weighted by molar-refractivity contribution is 9.11. The molecule has 0 fully saturated rings. The van der Waals surface area contributed by atoms with Crippen molar-refractivity contribution in [1.82, 2.24) is 0 Å². The van der Waals surface area contributed by atoms with Crippen molar-refractivity contribution in [2.24, 2.45) is 0 Å². The normalized spacial score (nSPS) is 10.4. The van der Waals surface area contributed by atoms with E-state index in [1.165, 1.54) is 0 Å². The Morgan fingerprint density at radius 3 is 2.40 bits per heavy atom. The van der Waals surface area contributed by atoms with Crippen molar-refractivity contribution >= 4 is 55.2 Å². The number of halogens is 3. The van der Waals surface area contributed by atoms with Crippen LogP contribution in [0.3, 0.4) is 0 Å². The first-order valence-corrected chi connectivity index (χ1v) is 7.86. The lowest BCUT2D eigenvalue weighted by molar-refractivity contribution is 0.339. The van der Waals surface area contributed by atoms with Crippen molar-refractivity contribution in [3.63, 3.8) is 0 Å². The molecule has 0 aliphatic carbocycles. The summed E-state index contributed by atoms with van der Waals surface area (Å²) in [6, 6.07) is 3.96. The first kappa shape index (κ1) is 13.7. The van der Waals surface area contributed by atoms with E-state index in [2.05, 4.69) is 38.1 Å². The summed E-state index contributed by atoms with van der Waals surface area (Å²) in [7, 11) is 0. The zero-order valence-electron chi connectivity index (χ0n) is 8.23. The summed E-state index contributed by atoms with van der Waals surface area (Å²) in [5.41, 5.74) is 1.06. The summed E-state index contributed by atoms with van der Waals surface area (Å²) in [6.07, 6.45) is 2.06. The van der Waals surface area contributed by atoms with Crippen LogP contribution in [0, 0.1) is 0 Å². The SMILES string of the molecule is CSCCOc1c(Br)cc(CCl)cc1Br. The molecule has 0 aliphatic rings. The molecule has 0 radical (unpaired) electrons. The third-order valence-electron chi connectivity index (χ3n) is 1.75. The largest absolute Gasteiger partial charge is 0.490 e. The molecule has 84 valence electrons. The zero-order chi connectivity index (χ0) is 11.3. The van der Waals surface area contributed by atoms with Crippen molar-refractivity contribution in [1.29, 1.82) is 0 Å². The number of rotatable bonds is 5. The molecule has 1 aromatic rings. The average Bonchev–Trinajstić information content (AvgIpc) is 2.22. The Balaban J connectivity index is 2.79. The monoisotopic (exact) mass is 372 g/mol. The summed E-state index contributed by atoms with van der Waals surface area (Å²) in [5.74, 6) is 2.33.